The van der Waals surface area contributed by atoms with Gasteiger partial charge in [0.15, 0.2) is 5.78 Å². The lowest BCUT2D eigenvalue weighted by Gasteiger charge is -2.17. The van der Waals surface area contributed by atoms with Gasteiger partial charge in [0, 0.05) is 12.0 Å². The fourth-order valence-corrected chi connectivity index (χ4v) is 3.47. The molecule has 2 aromatic heterocycles. The minimum atomic E-state index is -1.24. The molecule has 0 aliphatic rings. The predicted molar refractivity (Wildman–Crippen MR) is 123 cm³/mol. The Balaban J connectivity index is 1.49. The summed E-state index contributed by atoms with van der Waals surface area (Å²) < 4.78 is 7.28. The van der Waals surface area contributed by atoms with E-state index in [0.717, 1.165) is 16.9 Å². The Bertz CT molecular complexity index is 1240. The maximum absolute atomic E-state index is 12.2. The van der Waals surface area contributed by atoms with Gasteiger partial charge in [0.1, 0.15) is 6.10 Å². The van der Waals surface area contributed by atoms with Crippen LogP contribution >= 0.6 is 0 Å². The van der Waals surface area contributed by atoms with Crippen LogP contribution in [-0.2, 0) is 4.79 Å². The maximum Gasteiger partial charge on any atom is 0.261 e. The number of Topliss-reactive ketones (excluding diaryl/α,β-unsaturated/α-hetero) is 1. The monoisotopic (exact) mass is 446 g/mol. The molecule has 2 N–H and O–H groups in total. The molecule has 1 atom stereocenters. The van der Waals surface area contributed by atoms with E-state index < -0.39 is 11.7 Å². The van der Waals surface area contributed by atoms with Crippen molar-refractivity contribution in [1.82, 2.24) is 19.9 Å². The molecule has 0 radical (unpaired) electrons. The van der Waals surface area contributed by atoms with E-state index in [9.17, 15) is 15.0 Å². The number of aliphatic hydroxyl groups excluding tert-OH is 1. The molecule has 0 saturated heterocycles. The van der Waals surface area contributed by atoms with Crippen LogP contribution in [0.3, 0.4) is 0 Å². The fourth-order valence-electron chi connectivity index (χ4n) is 3.47. The first-order chi connectivity index (χ1) is 15.7. The van der Waals surface area contributed by atoms with Gasteiger partial charge >= 0.3 is 0 Å². The van der Waals surface area contributed by atoms with Gasteiger partial charge in [0.05, 0.1) is 28.7 Å². The number of rotatable bonds is 8. The summed E-state index contributed by atoms with van der Waals surface area (Å²) in [6, 6.07) is 16.6. The van der Waals surface area contributed by atoms with Gasteiger partial charge in [-0.05, 0) is 44.9 Å². The SMILES string of the molecule is Cc1c(-c2nc(-c3ccc(C(O)C(=O)CCC(C)(C)O)cc3)no2)cnn1-c1ccccc1. The Hall–Kier alpha value is -3.62. The highest BCUT2D eigenvalue weighted by Crippen LogP contribution is 2.27. The average Bonchev–Trinajstić information content (AvgIpc) is 3.44. The van der Waals surface area contributed by atoms with Crippen LogP contribution in [0.2, 0.25) is 0 Å². The molecule has 2 aromatic carbocycles. The van der Waals surface area contributed by atoms with E-state index >= 15 is 0 Å². The third-order valence-electron chi connectivity index (χ3n) is 5.44. The lowest BCUT2D eigenvalue weighted by molar-refractivity contribution is -0.128. The average molecular weight is 447 g/mol. The first-order valence-corrected chi connectivity index (χ1v) is 10.7. The summed E-state index contributed by atoms with van der Waals surface area (Å²) in [6.07, 6.45) is 0.829. The van der Waals surface area contributed by atoms with Gasteiger partial charge in [-0.15, -0.1) is 0 Å². The number of aliphatic hydroxyl groups is 2. The molecule has 0 fully saturated rings. The minimum absolute atomic E-state index is 0.0939. The molecule has 1 unspecified atom stereocenters. The largest absolute Gasteiger partial charge is 0.390 e. The molecule has 0 aliphatic carbocycles. The van der Waals surface area contributed by atoms with Gasteiger partial charge in [0.25, 0.3) is 5.89 Å². The van der Waals surface area contributed by atoms with E-state index in [1.807, 2.05) is 41.9 Å². The third-order valence-corrected chi connectivity index (χ3v) is 5.44. The molecule has 33 heavy (non-hydrogen) atoms. The summed E-state index contributed by atoms with van der Waals surface area (Å²) in [4.78, 5) is 16.7. The zero-order valence-electron chi connectivity index (χ0n) is 18.8. The van der Waals surface area contributed by atoms with Gasteiger partial charge in [-0.25, -0.2) is 4.68 Å². The zero-order valence-corrected chi connectivity index (χ0v) is 18.8. The van der Waals surface area contributed by atoms with Crippen LogP contribution in [0.15, 0.2) is 65.3 Å². The van der Waals surface area contributed by atoms with Gasteiger partial charge in [-0.2, -0.15) is 10.1 Å². The lowest BCUT2D eigenvalue weighted by atomic mass is 9.96. The third kappa shape index (κ3) is 5.08. The summed E-state index contributed by atoms with van der Waals surface area (Å²) in [5, 5.41) is 28.6. The highest BCUT2D eigenvalue weighted by molar-refractivity contribution is 5.84. The summed E-state index contributed by atoms with van der Waals surface area (Å²) in [5.41, 5.74) is 2.76. The van der Waals surface area contributed by atoms with Crippen molar-refractivity contribution < 1.29 is 19.5 Å². The molecule has 0 saturated carbocycles. The van der Waals surface area contributed by atoms with Gasteiger partial charge in [-0.1, -0.05) is 47.6 Å². The van der Waals surface area contributed by atoms with Crippen LogP contribution in [0, 0.1) is 6.92 Å². The highest BCUT2D eigenvalue weighted by Gasteiger charge is 2.22. The number of hydrogen-bond donors (Lipinski definition) is 2. The van der Waals surface area contributed by atoms with Crippen LogP contribution < -0.4 is 0 Å². The Morgan fingerprint density at radius 3 is 2.48 bits per heavy atom. The number of hydrogen-bond acceptors (Lipinski definition) is 7. The molecule has 0 spiro atoms. The predicted octanol–water partition coefficient (Wildman–Crippen LogP) is 4.05. The molecule has 2 heterocycles. The molecular formula is C25H26N4O4. The Morgan fingerprint density at radius 1 is 1.12 bits per heavy atom. The number of para-hydroxylation sites is 1. The zero-order chi connectivity index (χ0) is 23.6. The molecule has 0 aliphatic heterocycles. The number of carbonyl (C=O) groups excluding carboxylic acids is 1. The van der Waals surface area contributed by atoms with E-state index in [1.165, 1.54) is 0 Å². The Labute approximate surface area is 191 Å². The van der Waals surface area contributed by atoms with Crippen molar-refractivity contribution in [2.45, 2.75) is 45.3 Å². The van der Waals surface area contributed by atoms with Crippen LogP contribution in [0.1, 0.15) is 44.1 Å². The van der Waals surface area contributed by atoms with Crippen LogP contribution in [0.5, 0.6) is 0 Å². The van der Waals surface area contributed by atoms with Crippen LogP contribution in [-0.4, -0.2) is 41.5 Å². The van der Waals surface area contributed by atoms with Crippen molar-refractivity contribution in [3.8, 4) is 28.5 Å². The fraction of sp³-hybridized carbons (Fsp3) is 0.280. The van der Waals surface area contributed by atoms with Crippen molar-refractivity contribution in [1.29, 1.82) is 0 Å². The molecule has 170 valence electrons. The van der Waals surface area contributed by atoms with Gasteiger partial charge in [-0.3, -0.25) is 4.79 Å². The number of ketones is 1. The molecule has 0 bridgehead atoms. The topological polar surface area (TPSA) is 114 Å². The normalized spacial score (nSPS) is 12.6. The van der Waals surface area contributed by atoms with Gasteiger partial charge < -0.3 is 14.7 Å². The molecule has 8 heteroatoms. The minimum Gasteiger partial charge on any atom is -0.390 e. The second-order valence-electron chi connectivity index (χ2n) is 8.62. The molecule has 0 amide bonds. The van der Waals surface area contributed by atoms with Crippen molar-refractivity contribution >= 4 is 5.78 Å². The second-order valence-corrected chi connectivity index (χ2v) is 8.62. The van der Waals surface area contributed by atoms with Crippen molar-refractivity contribution in [3.63, 3.8) is 0 Å². The smallest absolute Gasteiger partial charge is 0.261 e. The van der Waals surface area contributed by atoms with Gasteiger partial charge in [0.2, 0.25) is 5.82 Å². The second kappa shape index (κ2) is 9.09. The van der Waals surface area contributed by atoms with Crippen molar-refractivity contribution in [3.05, 3.63) is 72.1 Å². The summed E-state index contributed by atoms with van der Waals surface area (Å²) in [5.74, 6) is 0.416. The van der Waals surface area contributed by atoms with Crippen LogP contribution in [0.25, 0.3) is 28.5 Å². The molecule has 4 rings (SSSR count). The standard InChI is InChI=1S/C25H26N4O4/c1-16-20(15-26-29(16)19-7-5-4-6-8-19)24-27-23(28-33-24)18-11-9-17(10-12-18)22(31)21(30)13-14-25(2,3)32/h4-12,15,22,31-32H,13-14H2,1-3H3. The summed E-state index contributed by atoms with van der Waals surface area (Å²) in [6.45, 7) is 5.20. The number of aromatic nitrogens is 4. The summed E-state index contributed by atoms with van der Waals surface area (Å²) in [7, 11) is 0. The van der Waals surface area contributed by atoms with E-state index in [1.54, 1.807) is 44.3 Å². The van der Waals surface area contributed by atoms with Crippen molar-refractivity contribution in [2.24, 2.45) is 0 Å². The molecule has 8 nitrogen and oxygen atoms in total. The lowest BCUT2D eigenvalue weighted by Crippen LogP contribution is -2.22. The van der Waals surface area contributed by atoms with E-state index in [0.29, 0.717) is 22.8 Å². The Morgan fingerprint density at radius 2 is 1.82 bits per heavy atom. The first-order valence-electron chi connectivity index (χ1n) is 10.7. The molecule has 4 aromatic rings. The van der Waals surface area contributed by atoms with Crippen molar-refractivity contribution in [2.75, 3.05) is 0 Å². The summed E-state index contributed by atoms with van der Waals surface area (Å²) >= 11 is 0. The van der Waals surface area contributed by atoms with Crippen LogP contribution in [0.4, 0.5) is 0 Å². The quantitative estimate of drug-likeness (QED) is 0.420. The highest BCUT2D eigenvalue weighted by atomic mass is 16.5. The maximum atomic E-state index is 12.2. The molecular weight excluding hydrogens is 420 g/mol. The number of carbonyl (C=O) groups is 1. The number of benzene rings is 2. The van der Waals surface area contributed by atoms with E-state index in [4.69, 9.17) is 4.52 Å². The number of nitrogens with zero attached hydrogens (tertiary/aromatic N) is 4. The van der Waals surface area contributed by atoms with E-state index in [2.05, 4.69) is 15.2 Å². The first kappa shape index (κ1) is 22.6. The Kier molecular flexibility index (Phi) is 6.22. The van der Waals surface area contributed by atoms with E-state index in [-0.39, 0.29) is 18.6 Å².